The van der Waals surface area contributed by atoms with Crippen molar-refractivity contribution < 1.29 is 4.79 Å². The molecule has 0 spiro atoms. The third-order valence-electron chi connectivity index (χ3n) is 3.82. The number of hydrazone groups is 1. The molecule has 0 fully saturated rings. The summed E-state index contributed by atoms with van der Waals surface area (Å²) in [6.45, 7) is 3.84. The highest BCUT2D eigenvalue weighted by atomic mass is 16.2. The van der Waals surface area contributed by atoms with Gasteiger partial charge in [0.15, 0.2) is 0 Å². The maximum atomic E-state index is 12.2. The number of nitrogens with two attached hydrogens (primary N) is 1. The smallest absolute Gasteiger partial charge is 0.289 e. The Labute approximate surface area is 145 Å². The highest BCUT2D eigenvalue weighted by Gasteiger charge is 2.10. The van der Waals surface area contributed by atoms with E-state index in [-0.39, 0.29) is 5.91 Å². The molecule has 1 heterocycles. The van der Waals surface area contributed by atoms with E-state index in [4.69, 9.17) is 5.73 Å². The molecule has 6 nitrogen and oxygen atoms in total. The summed E-state index contributed by atoms with van der Waals surface area (Å²) in [6.07, 6.45) is 0. The summed E-state index contributed by atoms with van der Waals surface area (Å²) in [5.74, 6) is -0.347. The Hall–Kier alpha value is -3.41. The van der Waals surface area contributed by atoms with Gasteiger partial charge in [0.2, 0.25) is 0 Å². The van der Waals surface area contributed by atoms with Crippen LogP contribution in [0.5, 0.6) is 0 Å². The second kappa shape index (κ2) is 7.00. The molecule has 4 N–H and O–H groups in total. The Morgan fingerprint density at radius 2 is 1.80 bits per heavy atom. The van der Waals surface area contributed by atoms with Crippen LogP contribution in [0.25, 0.3) is 11.3 Å². The van der Waals surface area contributed by atoms with Crippen LogP contribution in [-0.2, 0) is 0 Å². The molecule has 126 valence electrons. The fourth-order valence-electron chi connectivity index (χ4n) is 2.29. The van der Waals surface area contributed by atoms with Crippen LogP contribution in [-0.4, -0.2) is 21.8 Å². The highest BCUT2D eigenvalue weighted by molar-refractivity contribution is 6.00. The maximum Gasteiger partial charge on any atom is 0.289 e. The van der Waals surface area contributed by atoms with E-state index in [2.05, 4.69) is 20.7 Å². The normalized spacial score (nSPS) is 11.4. The minimum Gasteiger partial charge on any atom is -0.399 e. The monoisotopic (exact) mass is 333 g/mol. The van der Waals surface area contributed by atoms with Crippen molar-refractivity contribution in [2.24, 2.45) is 5.10 Å². The predicted octanol–water partition coefficient (Wildman–Crippen LogP) is 3.12. The van der Waals surface area contributed by atoms with E-state index in [1.165, 1.54) is 5.56 Å². The zero-order valence-corrected chi connectivity index (χ0v) is 14.1. The van der Waals surface area contributed by atoms with Crippen molar-refractivity contribution in [3.05, 3.63) is 71.4 Å². The molecule has 0 aliphatic rings. The summed E-state index contributed by atoms with van der Waals surface area (Å²) in [7, 11) is 0. The van der Waals surface area contributed by atoms with Crippen molar-refractivity contribution >= 4 is 17.3 Å². The number of hydrogen-bond donors (Lipinski definition) is 3. The number of nitrogens with zero attached hydrogens (tertiary/aromatic N) is 2. The number of aromatic amines is 1. The second-order valence-corrected chi connectivity index (χ2v) is 5.79. The fourth-order valence-corrected chi connectivity index (χ4v) is 2.29. The van der Waals surface area contributed by atoms with E-state index in [9.17, 15) is 4.79 Å². The van der Waals surface area contributed by atoms with Gasteiger partial charge in [-0.3, -0.25) is 9.89 Å². The topological polar surface area (TPSA) is 96.2 Å². The van der Waals surface area contributed by atoms with Crippen LogP contribution < -0.4 is 11.2 Å². The number of aryl methyl sites for hydroxylation is 1. The van der Waals surface area contributed by atoms with Gasteiger partial charge in [-0.1, -0.05) is 42.0 Å². The first kappa shape index (κ1) is 16.4. The molecular weight excluding hydrogens is 314 g/mol. The fraction of sp³-hybridized carbons (Fsp3) is 0.105. The van der Waals surface area contributed by atoms with E-state index in [0.29, 0.717) is 22.8 Å². The SMILES string of the molecule is C/C(=N/NC(=O)c1cc(-c2ccc(C)cc2)n[nH]1)c1ccc(N)cc1. The number of hydrogen-bond acceptors (Lipinski definition) is 4. The number of carbonyl (C=O) groups excluding carboxylic acids is 1. The summed E-state index contributed by atoms with van der Waals surface area (Å²) in [5, 5.41) is 11.0. The van der Waals surface area contributed by atoms with E-state index < -0.39 is 0 Å². The Balaban J connectivity index is 1.70. The number of aromatic nitrogens is 2. The molecule has 0 aliphatic heterocycles. The zero-order chi connectivity index (χ0) is 17.8. The molecule has 0 saturated carbocycles. The van der Waals surface area contributed by atoms with Gasteiger partial charge in [0.1, 0.15) is 5.69 Å². The van der Waals surface area contributed by atoms with Gasteiger partial charge in [-0.05, 0) is 37.6 Å². The van der Waals surface area contributed by atoms with Gasteiger partial charge < -0.3 is 5.73 Å². The molecule has 0 atom stereocenters. The maximum absolute atomic E-state index is 12.2. The lowest BCUT2D eigenvalue weighted by molar-refractivity contribution is 0.0950. The first-order valence-corrected chi connectivity index (χ1v) is 7.86. The van der Waals surface area contributed by atoms with Crippen LogP contribution in [0.2, 0.25) is 0 Å². The number of nitrogens with one attached hydrogen (secondary N) is 2. The highest BCUT2D eigenvalue weighted by Crippen LogP contribution is 2.18. The van der Waals surface area contributed by atoms with E-state index in [1.807, 2.05) is 50.2 Å². The molecule has 0 aliphatic carbocycles. The van der Waals surface area contributed by atoms with Gasteiger partial charge in [0.05, 0.1) is 11.4 Å². The molecule has 25 heavy (non-hydrogen) atoms. The van der Waals surface area contributed by atoms with E-state index in [1.54, 1.807) is 18.2 Å². The number of benzene rings is 2. The molecule has 0 unspecified atom stereocenters. The Morgan fingerprint density at radius 1 is 1.12 bits per heavy atom. The number of carbonyl (C=O) groups is 1. The summed E-state index contributed by atoms with van der Waals surface area (Å²) >= 11 is 0. The summed E-state index contributed by atoms with van der Waals surface area (Å²) in [5.41, 5.74) is 13.6. The van der Waals surface area contributed by atoms with Gasteiger partial charge in [-0.2, -0.15) is 10.2 Å². The molecule has 6 heteroatoms. The Kier molecular flexibility index (Phi) is 4.61. The van der Waals surface area contributed by atoms with Crippen molar-refractivity contribution in [2.45, 2.75) is 13.8 Å². The van der Waals surface area contributed by atoms with Crippen LogP contribution in [0, 0.1) is 6.92 Å². The average molecular weight is 333 g/mol. The van der Waals surface area contributed by atoms with Crippen molar-refractivity contribution in [3.63, 3.8) is 0 Å². The van der Waals surface area contributed by atoms with Crippen LogP contribution in [0.1, 0.15) is 28.5 Å². The molecule has 3 rings (SSSR count). The Bertz CT molecular complexity index is 908. The van der Waals surface area contributed by atoms with Gasteiger partial charge in [0.25, 0.3) is 5.91 Å². The van der Waals surface area contributed by atoms with Gasteiger partial charge in [-0.25, -0.2) is 5.43 Å². The number of H-pyrrole nitrogens is 1. The lowest BCUT2D eigenvalue weighted by atomic mass is 10.1. The predicted molar refractivity (Wildman–Crippen MR) is 99.3 cm³/mol. The molecule has 1 aromatic heterocycles. The van der Waals surface area contributed by atoms with Gasteiger partial charge in [-0.15, -0.1) is 0 Å². The van der Waals surface area contributed by atoms with Crippen LogP contribution >= 0.6 is 0 Å². The first-order chi connectivity index (χ1) is 12.0. The zero-order valence-electron chi connectivity index (χ0n) is 14.1. The first-order valence-electron chi connectivity index (χ1n) is 7.86. The lowest BCUT2D eigenvalue weighted by Crippen LogP contribution is -2.19. The van der Waals surface area contributed by atoms with Crippen molar-refractivity contribution in [3.8, 4) is 11.3 Å². The quantitative estimate of drug-likeness (QED) is 0.389. The van der Waals surface area contributed by atoms with Crippen molar-refractivity contribution in [1.82, 2.24) is 15.6 Å². The van der Waals surface area contributed by atoms with Crippen LogP contribution in [0.3, 0.4) is 0 Å². The van der Waals surface area contributed by atoms with Crippen molar-refractivity contribution in [2.75, 3.05) is 5.73 Å². The minimum atomic E-state index is -0.347. The van der Waals surface area contributed by atoms with Crippen LogP contribution in [0.4, 0.5) is 5.69 Å². The van der Waals surface area contributed by atoms with Gasteiger partial charge in [0, 0.05) is 11.3 Å². The number of rotatable bonds is 4. The van der Waals surface area contributed by atoms with Crippen molar-refractivity contribution in [1.29, 1.82) is 0 Å². The summed E-state index contributed by atoms with van der Waals surface area (Å²) in [6, 6.07) is 16.9. The molecule has 0 saturated heterocycles. The van der Waals surface area contributed by atoms with Gasteiger partial charge >= 0.3 is 0 Å². The third-order valence-corrected chi connectivity index (χ3v) is 3.82. The number of anilines is 1. The molecule has 0 bridgehead atoms. The molecule has 1 amide bonds. The molecular formula is C19H19N5O. The van der Waals surface area contributed by atoms with E-state index in [0.717, 1.165) is 11.1 Å². The van der Waals surface area contributed by atoms with E-state index >= 15 is 0 Å². The Morgan fingerprint density at radius 3 is 2.48 bits per heavy atom. The lowest BCUT2D eigenvalue weighted by Gasteiger charge is -2.02. The number of amides is 1. The summed E-state index contributed by atoms with van der Waals surface area (Å²) in [4.78, 5) is 12.2. The second-order valence-electron chi connectivity index (χ2n) is 5.79. The number of nitrogen functional groups attached to an aromatic ring is 1. The molecule has 2 aromatic carbocycles. The average Bonchev–Trinajstić information content (AvgIpc) is 3.11. The molecule has 3 aromatic rings. The largest absolute Gasteiger partial charge is 0.399 e. The minimum absolute atomic E-state index is 0.347. The summed E-state index contributed by atoms with van der Waals surface area (Å²) < 4.78 is 0. The third kappa shape index (κ3) is 3.92. The molecule has 0 radical (unpaired) electrons. The van der Waals surface area contributed by atoms with Crippen LogP contribution in [0.15, 0.2) is 59.7 Å². The standard InChI is InChI=1S/C19H19N5O/c1-12-3-5-15(6-4-12)17-11-18(23-22-17)19(25)24-21-13(2)14-7-9-16(20)10-8-14/h3-11H,20H2,1-2H3,(H,22,23)(H,24,25)/b21-13-.